The van der Waals surface area contributed by atoms with Gasteiger partial charge in [-0.25, -0.2) is 0 Å². The molecular formula is C17H25N3O3S. The van der Waals surface area contributed by atoms with Gasteiger partial charge in [0.2, 0.25) is 11.8 Å². The van der Waals surface area contributed by atoms with E-state index in [1.54, 1.807) is 6.07 Å². The maximum atomic E-state index is 12.1. The van der Waals surface area contributed by atoms with Gasteiger partial charge in [-0.1, -0.05) is 12.8 Å². The lowest BCUT2D eigenvalue weighted by Gasteiger charge is -2.20. The Hall–Kier alpha value is -1.89. The second kappa shape index (κ2) is 9.42. The molecule has 2 N–H and O–H groups in total. The van der Waals surface area contributed by atoms with Crippen LogP contribution in [0.1, 0.15) is 46.7 Å². The molecule has 0 unspecified atom stereocenters. The van der Waals surface area contributed by atoms with Crippen LogP contribution in [-0.2, 0) is 9.59 Å². The highest BCUT2D eigenvalue weighted by molar-refractivity contribution is 7.13. The maximum absolute atomic E-state index is 12.1. The van der Waals surface area contributed by atoms with Crippen LogP contribution < -0.4 is 10.6 Å². The molecule has 24 heavy (non-hydrogen) atoms. The molecule has 1 fully saturated rings. The van der Waals surface area contributed by atoms with E-state index in [0.29, 0.717) is 17.8 Å². The van der Waals surface area contributed by atoms with Crippen LogP contribution in [0.15, 0.2) is 12.1 Å². The van der Waals surface area contributed by atoms with Gasteiger partial charge in [-0.15, -0.1) is 11.3 Å². The van der Waals surface area contributed by atoms with E-state index in [9.17, 15) is 14.4 Å². The summed E-state index contributed by atoms with van der Waals surface area (Å²) < 4.78 is 0. The average molecular weight is 351 g/mol. The second-order valence-corrected chi connectivity index (χ2v) is 7.28. The Labute approximate surface area is 146 Å². The third-order valence-electron chi connectivity index (χ3n) is 3.99. The SMILES string of the molecule is Cc1ccc(C(=O)NCC(=O)NCCC(=O)N2CCCCCC2)s1. The van der Waals surface area contributed by atoms with Crippen molar-refractivity contribution in [2.45, 2.75) is 39.0 Å². The standard InChI is InChI=1S/C17H25N3O3S/c1-13-6-7-14(24-13)17(23)19-12-15(21)18-9-8-16(22)20-10-4-2-3-5-11-20/h6-7H,2-5,8-12H2,1H3,(H,18,21)(H,19,23). The Morgan fingerprint density at radius 3 is 2.42 bits per heavy atom. The van der Waals surface area contributed by atoms with E-state index >= 15 is 0 Å². The molecule has 0 aromatic carbocycles. The molecule has 0 bridgehead atoms. The monoisotopic (exact) mass is 351 g/mol. The largest absolute Gasteiger partial charge is 0.354 e. The number of nitrogens with one attached hydrogen (secondary N) is 2. The Kier molecular flexibility index (Phi) is 7.24. The first-order valence-electron chi connectivity index (χ1n) is 8.45. The minimum atomic E-state index is -0.278. The summed E-state index contributed by atoms with van der Waals surface area (Å²) in [7, 11) is 0. The minimum absolute atomic E-state index is 0.0757. The summed E-state index contributed by atoms with van der Waals surface area (Å²) in [6.45, 7) is 3.80. The lowest BCUT2D eigenvalue weighted by molar-refractivity contribution is -0.131. The fourth-order valence-corrected chi connectivity index (χ4v) is 3.44. The van der Waals surface area contributed by atoms with Crippen molar-refractivity contribution < 1.29 is 14.4 Å². The molecule has 1 saturated heterocycles. The minimum Gasteiger partial charge on any atom is -0.354 e. The number of thiophene rings is 1. The van der Waals surface area contributed by atoms with Crippen molar-refractivity contribution >= 4 is 29.1 Å². The van der Waals surface area contributed by atoms with Gasteiger partial charge >= 0.3 is 0 Å². The first-order chi connectivity index (χ1) is 11.6. The van der Waals surface area contributed by atoms with Crippen molar-refractivity contribution in [3.8, 4) is 0 Å². The van der Waals surface area contributed by atoms with Gasteiger partial charge in [0, 0.05) is 30.9 Å². The third-order valence-corrected chi connectivity index (χ3v) is 4.99. The summed E-state index contributed by atoms with van der Waals surface area (Å²) in [5.41, 5.74) is 0. The summed E-state index contributed by atoms with van der Waals surface area (Å²) in [6, 6.07) is 3.61. The fourth-order valence-electron chi connectivity index (χ4n) is 2.65. The Morgan fingerprint density at radius 2 is 1.79 bits per heavy atom. The molecule has 0 aliphatic carbocycles. The zero-order valence-corrected chi connectivity index (χ0v) is 14.9. The van der Waals surface area contributed by atoms with Gasteiger partial charge < -0.3 is 15.5 Å². The van der Waals surface area contributed by atoms with Crippen molar-refractivity contribution in [3.05, 3.63) is 21.9 Å². The summed E-state index contributed by atoms with van der Waals surface area (Å²) in [5, 5.41) is 5.27. The molecule has 7 heteroatoms. The molecule has 1 aromatic rings. The van der Waals surface area contributed by atoms with Crippen LogP contribution in [0.5, 0.6) is 0 Å². The van der Waals surface area contributed by atoms with Crippen LogP contribution in [0.25, 0.3) is 0 Å². The smallest absolute Gasteiger partial charge is 0.261 e. The van der Waals surface area contributed by atoms with Crippen LogP contribution in [0.3, 0.4) is 0 Å². The number of hydrogen-bond acceptors (Lipinski definition) is 4. The number of hydrogen-bond donors (Lipinski definition) is 2. The number of rotatable bonds is 6. The molecule has 0 atom stereocenters. The van der Waals surface area contributed by atoms with Gasteiger partial charge in [-0.3, -0.25) is 14.4 Å². The van der Waals surface area contributed by atoms with Gasteiger partial charge in [-0.05, 0) is 31.9 Å². The van der Waals surface area contributed by atoms with E-state index in [2.05, 4.69) is 10.6 Å². The summed E-state index contributed by atoms with van der Waals surface area (Å²) in [4.78, 5) is 39.2. The van der Waals surface area contributed by atoms with E-state index in [4.69, 9.17) is 0 Å². The van der Waals surface area contributed by atoms with Crippen molar-refractivity contribution in [3.63, 3.8) is 0 Å². The molecule has 132 valence electrons. The highest BCUT2D eigenvalue weighted by atomic mass is 32.1. The Balaban J connectivity index is 1.62. The molecule has 1 aliphatic heterocycles. The normalized spacial score (nSPS) is 14.8. The Morgan fingerprint density at radius 1 is 1.08 bits per heavy atom. The van der Waals surface area contributed by atoms with E-state index in [1.165, 1.54) is 24.2 Å². The number of amides is 3. The van der Waals surface area contributed by atoms with E-state index in [-0.39, 0.29) is 24.3 Å². The topological polar surface area (TPSA) is 78.5 Å². The summed E-state index contributed by atoms with van der Waals surface area (Å²) >= 11 is 1.39. The quantitative estimate of drug-likeness (QED) is 0.819. The molecule has 0 radical (unpaired) electrons. The van der Waals surface area contributed by atoms with Gasteiger partial charge in [0.25, 0.3) is 5.91 Å². The molecule has 3 amide bonds. The molecule has 0 spiro atoms. The molecule has 2 heterocycles. The van der Waals surface area contributed by atoms with Gasteiger partial charge in [-0.2, -0.15) is 0 Å². The van der Waals surface area contributed by atoms with Gasteiger partial charge in [0.15, 0.2) is 0 Å². The van der Waals surface area contributed by atoms with E-state index in [1.807, 2.05) is 17.9 Å². The zero-order chi connectivity index (χ0) is 17.4. The van der Waals surface area contributed by atoms with Gasteiger partial charge in [0.05, 0.1) is 11.4 Å². The lowest BCUT2D eigenvalue weighted by Crippen LogP contribution is -2.39. The van der Waals surface area contributed by atoms with Crippen LogP contribution >= 0.6 is 11.3 Å². The molecule has 2 rings (SSSR count). The number of carbonyl (C=O) groups excluding carboxylic acids is 3. The van der Waals surface area contributed by atoms with Crippen LogP contribution in [0, 0.1) is 6.92 Å². The Bertz CT molecular complexity index is 577. The highest BCUT2D eigenvalue weighted by Gasteiger charge is 2.15. The molecule has 6 nitrogen and oxygen atoms in total. The predicted molar refractivity (Wildman–Crippen MR) is 94.1 cm³/mol. The first-order valence-corrected chi connectivity index (χ1v) is 9.27. The predicted octanol–water partition coefficient (Wildman–Crippen LogP) is 1.70. The maximum Gasteiger partial charge on any atom is 0.261 e. The zero-order valence-electron chi connectivity index (χ0n) is 14.1. The van der Waals surface area contributed by atoms with Crippen molar-refractivity contribution in [1.82, 2.24) is 15.5 Å². The van der Waals surface area contributed by atoms with Crippen molar-refractivity contribution in [2.75, 3.05) is 26.2 Å². The third kappa shape index (κ3) is 5.96. The number of likely N-dealkylation sites (tertiary alicyclic amines) is 1. The van der Waals surface area contributed by atoms with Crippen molar-refractivity contribution in [1.29, 1.82) is 0 Å². The molecule has 1 aromatic heterocycles. The van der Waals surface area contributed by atoms with Crippen molar-refractivity contribution in [2.24, 2.45) is 0 Å². The summed E-state index contributed by atoms with van der Waals surface area (Å²) in [5.74, 6) is -0.431. The highest BCUT2D eigenvalue weighted by Crippen LogP contribution is 2.14. The number of carbonyl (C=O) groups is 3. The fraction of sp³-hybridized carbons (Fsp3) is 0.588. The molecular weight excluding hydrogens is 326 g/mol. The van der Waals surface area contributed by atoms with Gasteiger partial charge in [0.1, 0.15) is 0 Å². The second-order valence-electron chi connectivity index (χ2n) is 5.99. The molecule has 0 saturated carbocycles. The number of aryl methyl sites for hydroxylation is 1. The van der Waals surface area contributed by atoms with E-state index < -0.39 is 0 Å². The average Bonchev–Trinajstić information content (AvgIpc) is 2.83. The lowest BCUT2D eigenvalue weighted by atomic mass is 10.2. The van der Waals surface area contributed by atoms with Crippen LogP contribution in [0.4, 0.5) is 0 Å². The molecule has 1 aliphatic rings. The summed E-state index contributed by atoms with van der Waals surface area (Å²) in [6.07, 6.45) is 4.80. The first kappa shape index (κ1) is 18.4. The van der Waals surface area contributed by atoms with Crippen LogP contribution in [-0.4, -0.2) is 48.8 Å². The van der Waals surface area contributed by atoms with Crippen LogP contribution in [0.2, 0.25) is 0 Å². The van der Waals surface area contributed by atoms with E-state index in [0.717, 1.165) is 30.8 Å². The number of nitrogens with zero attached hydrogens (tertiary/aromatic N) is 1.